The van der Waals surface area contributed by atoms with Crippen LogP contribution in [0.15, 0.2) is 82.0 Å². The van der Waals surface area contributed by atoms with Gasteiger partial charge >= 0.3 is 11.6 Å². The first-order chi connectivity index (χ1) is 16.9. The molecule has 0 aliphatic rings. The fourth-order valence-electron chi connectivity index (χ4n) is 3.42. The van der Waals surface area contributed by atoms with Crippen LogP contribution in [0.4, 0.5) is 5.69 Å². The topological polar surface area (TPSA) is 104 Å². The molecule has 8 heteroatoms. The quantitative estimate of drug-likeness (QED) is 0.297. The third kappa shape index (κ3) is 6.05. The van der Waals surface area contributed by atoms with E-state index in [1.54, 1.807) is 61.7 Å². The Bertz CT molecular complexity index is 1420. The van der Waals surface area contributed by atoms with Crippen LogP contribution in [-0.4, -0.2) is 25.6 Å². The van der Waals surface area contributed by atoms with Crippen molar-refractivity contribution in [2.75, 3.05) is 19.0 Å². The summed E-state index contributed by atoms with van der Waals surface area (Å²) in [5, 5.41) is 3.43. The Morgan fingerprint density at radius 2 is 1.74 bits per heavy atom. The van der Waals surface area contributed by atoms with Gasteiger partial charge in [0.1, 0.15) is 23.7 Å². The number of ether oxygens (including phenoxy) is 3. The van der Waals surface area contributed by atoms with Crippen molar-refractivity contribution in [3.05, 3.63) is 99.9 Å². The minimum atomic E-state index is -0.555. The van der Waals surface area contributed by atoms with Crippen LogP contribution in [-0.2, 0) is 16.1 Å². The molecular formula is C27H23NO7. The molecule has 178 valence electrons. The number of aryl methyl sites for hydroxylation is 1. The van der Waals surface area contributed by atoms with Crippen molar-refractivity contribution in [1.82, 2.24) is 0 Å². The van der Waals surface area contributed by atoms with Crippen LogP contribution in [0, 0.1) is 6.92 Å². The maximum atomic E-state index is 12.5. The van der Waals surface area contributed by atoms with E-state index in [2.05, 4.69) is 5.32 Å². The molecule has 1 heterocycles. The van der Waals surface area contributed by atoms with Gasteiger partial charge in [-0.2, -0.15) is 0 Å². The summed E-state index contributed by atoms with van der Waals surface area (Å²) in [5.74, 6) is 0.159. The predicted octanol–water partition coefficient (Wildman–Crippen LogP) is 4.48. The molecule has 1 aromatic heterocycles. The lowest BCUT2D eigenvalue weighted by Crippen LogP contribution is -2.20. The molecule has 4 rings (SSSR count). The van der Waals surface area contributed by atoms with Crippen LogP contribution in [0.3, 0.4) is 0 Å². The number of hydrogen-bond acceptors (Lipinski definition) is 7. The number of fused-ring (bicyclic) bond motifs is 1. The van der Waals surface area contributed by atoms with Gasteiger partial charge < -0.3 is 23.9 Å². The Morgan fingerprint density at radius 3 is 2.51 bits per heavy atom. The van der Waals surface area contributed by atoms with E-state index in [4.69, 9.17) is 18.6 Å². The molecule has 0 saturated carbocycles. The highest BCUT2D eigenvalue weighted by atomic mass is 16.5. The highest BCUT2D eigenvalue weighted by Gasteiger charge is 2.12. The number of benzene rings is 3. The molecule has 0 atom stereocenters. The molecule has 0 radical (unpaired) electrons. The molecule has 1 N–H and O–H groups in total. The predicted molar refractivity (Wildman–Crippen MR) is 130 cm³/mol. The minimum Gasteiger partial charge on any atom is -0.497 e. The van der Waals surface area contributed by atoms with Crippen molar-refractivity contribution in [2.24, 2.45) is 0 Å². The molecule has 0 bridgehead atoms. The van der Waals surface area contributed by atoms with Gasteiger partial charge in [0.05, 0.1) is 12.7 Å². The first-order valence-corrected chi connectivity index (χ1v) is 10.8. The zero-order valence-corrected chi connectivity index (χ0v) is 19.2. The summed E-state index contributed by atoms with van der Waals surface area (Å²) in [6.45, 7) is 1.61. The van der Waals surface area contributed by atoms with Crippen molar-refractivity contribution in [2.45, 2.75) is 13.5 Å². The summed E-state index contributed by atoms with van der Waals surface area (Å²) in [5.41, 5.74) is 2.35. The van der Waals surface area contributed by atoms with Gasteiger partial charge in [-0.25, -0.2) is 9.59 Å². The Hall–Kier alpha value is -4.59. The smallest absolute Gasteiger partial charge is 0.338 e. The van der Waals surface area contributed by atoms with Crippen LogP contribution >= 0.6 is 0 Å². The van der Waals surface area contributed by atoms with E-state index in [0.717, 1.165) is 5.56 Å². The van der Waals surface area contributed by atoms with Crippen LogP contribution in [0.1, 0.15) is 21.5 Å². The van der Waals surface area contributed by atoms with Crippen LogP contribution in [0.2, 0.25) is 0 Å². The van der Waals surface area contributed by atoms with Gasteiger partial charge in [0.2, 0.25) is 0 Å². The van der Waals surface area contributed by atoms with E-state index >= 15 is 0 Å². The Labute approximate surface area is 201 Å². The summed E-state index contributed by atoms with van der Waals surface area (Å²) >= 11 is 0. The first-order valence-electron chi connectivity index (χ1n) is 10.8. The van der Waals surface area contributed by atoms with Gasteiger partial charge in [-0.3, -0.25) is 4.79 Å². The van der Waals surface area contributed by atoms with Crippen molar-refractivity contribution in [3.8, 4) is 11.5 Å². The molecular weight excluding hydrogens is 450 g/mol. The van der Waals surface area contributed by atoms with E-state index in [0.29, 0.717) is 39.3 Å². The SMILES string of the molecule is COc1cccc(NC(=O)COc2ccc(C(=O)OCc3cc(=O)oc4cc(C)ccc34)cc2)c1. The Morgan fingerprint density at radius 1 is 0.943 bits per heavy atom. The van der Waals surface area contributed by atoms with Gasteiger partial charge in [0.15, 0.2) is 6.61 Å². The van der Waals surface area contributed by atoms with Crippen molar-refractivity contribution in [3.63, 3.8) is 0 Å². The molecule has 8 nitrogen and oxygen atoms in total. The standard InChI is InChI=1S/C27H23NO7/c1-17-6-11-23-19(13-26(30)35-24(23)12-17)15-34-27(31)18-7-9-21(10-8-18)33-16-25(29)28-20-4-3-5-22(14-20)32-2/h3-14H,15-16H2,1-2H3,(H,28,29). The molecule has 0 saturated heterocycles. The zero-order valence-electron chi connectivity index (χ0n) is 19.2. The first kappa shape index (κ1) is 23.6. The number of nitrogens with one attached hydrogen (secondary N) is 1. The number of carbonyl (C=O) groups is 2. The summed E-state index contributed by atoms with van der Waals surface area (Å²) in [6, 6.07) is 20.0. The minimum absolute atomic E-state index is 0.0767. The molecule has 1 amide bonds. The van der Waals surface area contributed by atoms with E-state index in [1.807, 2.05) is 19.1 Å². The highest BCUT2D eigenvalue weighted by Crippen LogP contribution is 2.20. The molecule has 0 aliphatic carbocycles. The third-order valence-corrected chi connectivity index (χ3v) is 5.16. The van der Waals surface area contributed by atoms with Gasteiger partial charge in [-0.15, -0.1) is 0 Å². The second-order valence-corrected chi connectivity index (χ2v) is 7.76. The van der Waals surface area contributed by atoms with E-state index in [9.17, 15) is 14.4 Å². The number of rotatable bonds is 8. The molecule has 0 spiro atoms. The lowest BCUT2D eigenvalue weighted by atomic mass is 10.1. The van der Waals surface area contributed by atoms with Gasteiger partial charge in [-0.1, -0.05) is 18.2 Å². The number of amides is 1. The zero-order chi connectivity index (χ0) is 24.8. The highest BCUT2D eigenvalue weighted by molar-refractivity contribution is 5.92. The number of methoxy groups -OCH3 is 1. The lowest BCUT2D eigenvalue weighted by molar-refractivity contribution is -0.118. The van der Waals surface area contributed by atoms with Crippen molar-refractivity contribution in [1.29, 1.82) is 0 Å². The van der Waals surface area contributed by atoms with Crippen molar-refractivity contribution < 1.29 is 28.2 Å². The van der Waals surface area contributed by atoms with Gasteiger partial charge in [0.25, 0.3) is 5.91 Å². The van der Waals surface area contributed by atoms with Crippen LogP contribution in [0.5, 0.6) is 11.5 Å². The number of anilines is 1. The van der Waals surface area contributed by atoms with Gasteiger partial charge in [0, 0.05) is 28.8 Å². The largest absolute Gasteiger partial charge is 0.497 e. The Balaban J connectivity index is 1.32. The van der Waals surface area contributed by atoms with Crippen LogP contribution in [0.25, 0.3) is 11.0 Å². The molecule has 35 heavy (non-hydrogen) atoms. The number of carbonyl (C=O) groups excluding carboxylic acids is 2. The number of esters is 1. The lowest BCUT2D eigenvalue weighted by Gasteiger charge is -2.10. The summed E-state index contributed by atoms with van der Waals surface area (Å²) in [6.07, 6.45) is 0. The molecule has 0 aliphatic heterocycles. The summed E-state index contributed by atoms with van der Waals surface area (Å²) in [4.78, 5) is 36.5. The maximum absolute atomic E-state index is 12.5. The number of hydrogen-bond donors (Lipinski definition) is 1. The molecule has 4 aromatic rings. The molecule has 0 fully saturated rings. The van der Waals surface area contributed by atoms with E-state index in [1.165, 1.54) is 6.07 Å². The van der Waals surface area contributed by atoms with Crippen LogP contribution < -0.4 is 20.4 Å². The Kier molecular flexibility index (Phi) is 7.11. The summed E-state index contributed by atoms with van der Waals surface area (Å²) < 4.78 is 21.2. The average molecular weight is 473 g/mol. The second-order valence-electron chi connectivity index (χ2n) is 7.76. The normalized spacial score (nSPS) is 10.6. The van der Waals surface area contributed by atoms with E-state index in [-0.39, 0.29) is 19.1 Å². The summed E-state index contributed by atoms with van der Waals surface area (Å²) in [7, 11) is 1.55. The van der Waals surface area contributed by atoms with Gasteiger partial charge in [-0.05, 0) is 55.0 Å². The average Bonchev–Trinajstić information content (AvgIpc) is 2.86. The van der Waals surface area contributed by atoms with E-state index < -0.39 is 11.6 Å². The molecule has 0 unspecified atom stereocenters. The van der Waals surface area contributed by atoms with Crippen molar-refractivity contribution >= 4 is 28.5 Å². The third-order valence-electron chi connectivity index (χ3n) is 5.16. The fraction of sp³-hybridized carbons (Fsp3) is 0.148. The maximum Gasteiger partial charge on any atom is 0.338 e. The monoisotopic (exact) mass is 473 g/mol. The fourth-order valence-corrected chi connectivity index (χ4v) is 3.42. The second kappa shape index (κ2) is 10.6. The molecule has 3 aromatic carbocycles.